The van der Waals surface area contributed by atoms with Gasteiger partial charge in [0.05, 0.1) is 6.04 Å². The lowest BCUT2D eigenvalue weighted by atomic mass is 10.1. The van der Waals surface area contributed by atoms with E-state index >= 15 is 0 Å². The van der Waals surface area contributed by atoms with Crippen LogP contribution in [0.25, 0.3) is 0 Å². The SMILES string of the molecule is C[C@@H](NC(=O)[C@H](N)CCCN=C(N)N)C(N)=O.Cl.Cl. The molecule has 0 aromatic carbocycles. The van der Waals surface area contributed by atoms with Crippen molar-refractivity contribution in [1.29, 1.82) is 0 Å². The Kier molecular flexibility index (Phi) is 14.2. The Hall–Kier alpha value is -1.25. The van der Waals surface area contributed by atoms with E-state index in [1.807, 2.05) is 0 Å². The van der Waals surface area contributed by atoms with E-state index in [2.05, 4.69) is 10.3 Å². The smallest absolute Gasteiger partial charge is 0.239 e. The highest BCUT2D eigenvalue weighted by molar-refractivity contribution is 5.88. The Morgan fingerprint density at radius 3 is 2.16 bits per heavy atom. The van der Waals surface area contributed by atoms with Crippen LogP contribution >= 0.6 is 24.8 Å². The minimum atomic E-state index is -0.730. The van der Waals surface area contributed by atoms with Crippen LogP contribution in [0.3, 0.4) is 0 Å². The lowest BCUT2D eigenvalue weighted by Gasteiger charge is -2.14. The van der Waals surface area contributed by atoms with Gasteiger partial charge in [0, 0.05) is 6.54 Å². The van der Waals surface area contributed by atoms with E-state index in [1.165, 1.54) is 6.92 Å². The number of nitrogens with two attached hydrogens (primary N) is 4. The number of rotatable bonds is 7. The molecule has 8 nitrogen and oxygen atoms in total. The van der Waals surface area contributed by atoms with E-state index in [9.17, 15) is 9.59 Å². The van der Waals surface area contributed by atoms with Gasteiger partial charge in [-0.2, -0.15) is 0 Å². The second-order valence-electron chi connectivity index (χ2n) is 3.69. The van der Waals surface area contributed by atoms with Gasteiger partial charge in [-0.25, -0.2) is 0 Å². The molecule has 0 saturated heterocycles. The number of halogens is 2. The van der Waals surface area contributed by atoms with E-state index in [0.29, 0.717) is 19.4 Å². The Bertz CT molecular complexity index is 309. The average molecular weight is 317 g/mol. The molecule has 0 rings (SSSR count). The summed E-state index contributed by atoms with van der Waals surface area (Å²) in [6.07, 6.45) is 1.01. The summed E-state index contributed by atoms with van der Waals surface area (Å²) in [5, 5.41) is 2.41. The van der Waals surface area contributed by atoms with Crippen molar-refractivity contribution >= 4 is 42.6 Å². The topological polar surface area (TPSA) is 163 Å². The number of hydrogen-bond donors (Lipinski definition) is 5. The van der Waals surface area contributed by atoms with Crippen LogP contribution in [0.5, 0.6) is 0 Å². The van der Waals surface area contributed by atoms with Crippen molar-refractivity contribution in [2.24, 2.45) is 27.9 Å². The van der Waals surface area contributed by atoms with Crippen LogP contribution in [0.1, 0.15) is 19.8 Å². The standard InChI is InChI=1S/C9H20N6O2.2ClH/c1-5(7(11)16)15-8(17)6(10)3-2-4-14-9(12)13;;/h5-6H,2-4,10H2,1H3,(H2,11,16)(H,15,17)(H4,12,13,14);2*1H/t5-,6-;;/m1../s1. The zero-order valence-electron chi connectivity index (χ0n) is 10.7. The maximum atomic E-state index is 11.5. The minimum absolute atomic E-state index is 0. The first-order valence-electron chi connectivity index (χ1n) is 5.25. The number of nitrogens with zero attached hydrogens (tertiary/aromatic N) is 1. The van der Waals surface area contributed by atoms with Gasteiger partial charge in [0.25, 0.3) is 0 Å². The Labute approximate surface area is 124 Å². The van der Waals surface area contributed by atoms with Gasteiger partial charge in [-0.15, -0.1) is 24.8 Å². The molecule has 0 aromatic heterocycles. The highest BCUT2D eigenvalue weighted by Gasteiger charge is 2.17. The third kappa shape index (κ3) is 11.6. The molecule has 9 N–H and O–H groups in total. The second kappa shape index (κ2) is 11.8. The van der Waals surface area contributed by atoms with Gasteiger partial charge in [0.1, 0.15) is 6.04 Å². The second-order valence-corrected chi connectivity index (χ2v) is 3.69. The van der Waals surface area contributed by atoms with E-state index in [0.717, 1.165) is 0 Å². The van der Waals surface area contributed by atoms with Gasteiger partial charge in [0.2, 0.25) is 11.8 Å². The van der Waals surface area contributed by atoms with E-state index in [-0.39, 0.29) is 30.8 Å². The van der Waals surface area contributed by atoms with Crippen molar-refractivity contribution < 1.29 is 9.59 Å². The Balaban J connectivity index is -0.00000128. The van der Waals surface area contributed by atoms with E-state index in [4.69, 9.17) is 22.9 Å². The fourth-order valence-corrected chi connectivity index (χ4v) is 1.04. The molecule has 2 atom stereocenters. The maximum absolute atomic E-state index is 11.5. The zero-order valence-corrected chi connectivity index (χ0v) is 12.3. The van der Waals surface area contributed by atoms with Crippen LogP contribution in [0.15, 0.2) is 4.99 Å². The number of carbonyl (C=O) groups excluding carboxylic acids is 2. The summed E-state index contributed by atoms with van der Waals surface area (Å²) in [6.45, 7) is 1.90. The molecule has 0 radical (unpaired) electrons. The Morgan fingerprint density at radius 2 is 1.74 bits per heavy atom. The normalized spacial score (nSPS) is 12.1. The van der Waals surface area contributed by atoms with Crippen LogP contribution in [0.4, 0.5) is 0 Å². The van der Waals surface area contributed by atoms with Gasteiger partial charge in [-0.3, -0.25) is 14.6 Å². The molecule has 10 heteroatoms. The fraction of sp³-hybridized carbons (Fsp3) is 0.667. The fourth-order valence-electron chi connectivity index (χ4n) is 1.04. The van der Waals surface area contributed by atoms with E-state index < -0.39 is 23.9 Å². The first kappa shape index (κ1) is 22.9. The van der Waals surface area contributed by atoms with Crippen LogP contribution < -0.4 is 28.3 Å². The van der Waals surface area contributed by atoms with Crippen molar-refractivity contribution in [3.05, 3.63) is 0 Å². The van der Waals surface area contributed by atoms with Gasteiger partial charge in [0.15, 0.2) is 5.96 Å². The molecule has 19 heavy (non-hydrogen) atoms. The summed E-state index contributed by atoms with van der Waals surface area (Å²) in [6, 6.07) is -1.43. The average Bonchev–Trinajstić information content (AvgIpc) is 2.23. The van der Waals surface area contributed by atoms with E-state index in [1.54, 1.807) is 0 Å². The predicted molar refractivity (Wildman–Crippen MR) is 79.2 cm³/mol. The third-order valence-corrected chi connectivity index (χ3v) is 2.09. The van der Waals surface area contributed by atoms with Crippen LogP contribution in [0, 0.1) is 0 Å². The maximum Gasteiger partial charge on any atom is 0.239 e. The number of hydrogen-bond acceptors (Lipinski definition) is 4. The van der Waals surface area contributed by atoms with Crippen molar-refractivity contribution in [3.63, 3.8) is 0 Å². The molecule has 0 saturated carbocycles. The van der Waals surface area contributed by atoms with Gasteiger partial charge in [-0.1, -0.05) is 0 Å². The van der Waals surface area contributed by atoms with Gasteiger partial charge < -0.3 is 28.3 Å². The predicted octanol–water partition coefficient (Wildman–Crippen LogP) is -1.80. The first-order chi connectivity index (χ1) is 7.84. The van der Waals surface area contributed by atoms with Crippen molar-refractivity contribution in [2.45, 2.75) is 31.8 Å². The number of guanidine groups is 1. The molecule has 0 spiro atoms. The number of carbonyl (C=O) groups is 2. The third-order valence-electron chi connectivity index (χ3n) is 2.09. The highest BCUT2D eigenvalue weighted by Crippen LogP contribution is 1.96. The molecule has 0 aliphatic rings. The number of nitrogens with one attached hydrogen (secondary N) is 1. The van der Waals surface area contributed by atoms with Crippen LogP contribution in [-0.2, 0) is 9.59 Å². The van der Waals surface area contributed by atoms with Crippen LogP contribution in [0.2, 0.25) is 0 Å². The molecule has 0 aromatic rings. The minimum Gasteiger partial charge on any atom is -0.370 e. The summed E-state index contributed by atoms with van der Waals surface area (Å²) in [5.41, 5.74) is 20.9. The lowest BCUT2D eigenvalue weighted by Crippen LogP contribution is -2.49. The van der Waals surface area contributed by atoms with Gasteiger partial charge in [-0.05, 0) is 19.8 Å². The molecule has 0 unspecified atom stereocenters. The van der Waals surface area contributed by atoms with Crippen molar-refractivity contribution in [1.82, 2.24) is 5.32 Å². The number of primary amides is 1. The van der Waals surface area contributed by atoms with Crippen molar-refractivity contribution in [2.75, 3.05) is 6.54 Å². The highest BCUT2D eigenvalue weighted by atomic mass is 35.5. The molecule has 0 bridgehead atoms. The molecule has 0 fully saturated rings. The summed E-state index contributed by atoms with van der Waals surface area (Å²) in [4.78, 5) is 25.9. The monoisotopic (exact) mass is 316 g/mol. The summed E-state index contributed by atoms with van der Waals surface area (Å²) >= 11 is 0. The van der Waals surface area contributed by atoms with Crippen LogP contribution in [-0.4, -0.2) is 36.4 Å². The van der Waals surface area contributed by atoms with Gasteiger partial charge >= 0.3 is 0 Å². The van der Waals surface area contributed by atoms with Crippen molar-refractivity contribution in [3.8, 4) is 0 Å². The summed E-state index contributed by atoms with van der Waals surface area (Å²) in [5.74, 6) is -1.02. The lowest BCUT2D eigenvalue weighted by molar-refractivity contribution is -0.127. The zero-order chi connectivity index (χ0) is 13.4. The number of aliphatic imine (C=N–C) groups is 1. The molecular weight excluding hydrogens is 295 g/mol. The molecule has 2 amide bonds. The quantitative estimate of drug-likeness (QED) is 0.212. The molecule has 0 heterocycles. The summed E-state index contributed by atoms with van der Waals surface area (Å²) in [7, 11) is 0. The molecular formula is C9H22Cl2N6O2. The molecule has 0 aliphatic heterocycles. The molecule has 0 aliphatic carbocycles. The largest absolute Gasteiger partial charge is 0.370 e. The first-order valence-corrected chi connectivity index (χ1v) is 5.25. The molecule has 114 valence electrons. The number of amides is 2. The summed E-state index contributed by atoms with van der Waals surface area (Å²) < 4.78 is 0. The Morgan fingerprint density at radius 1 is 1.21 bits per heavy atom.